The molecule has 0 aliphatic heterocycles. The van der Waals surface area contributed by atoms with Crippen molar-refractivity contribution in [3.05, 3.63) is 22.4 Å². The van der Waals surface area contributed by atoms with Gasteiger partial charge in [0.2, 0.25) is 11.9 Å². The molecule has 0 saturated heterocycles. The van der Waals surface area contributed by atoms with Gasteiger partial charge < -0.3 is 15.6 Å². The molecule has 0 unspecified atom stereocenters. The molecule has 3 N–H and O–H groups in total. The zero-order chi connectivity index (χ0) is 14.3. The Morgan fingerprint density at radius 3 is 3.00 bits per heavy atom. The summed E-state index contributed by atoms with van der Waals surface area (Å²) in [5.41, 5.74) is 7.04. The fourth-order valence-electron chi connectivity index (χ4n) is 2.11. The van der Waals surface area contributed by atoms with Gasteiger partial charge in [-0.05, 0) is 34.8 Å². The molecule has 1 fully saturated rings. The summed E-state index contributed by atoms with van der Waals surface area (Å²) in [5, 5.41) is 2.91. The van der Waals surface area contributed by atoms with Crippen LogP contribution in [0.4, 0.5) is 10.3 Å². The normalized spacial score (nSPS) is 14.7. The van der Waals surface area contributed by atoms with Crippen LogP contribution < -0.4 is 11.1 Å². The molecule has 1 heterocycles. The van der Waals surface area contributed by atoms with Crippen LogP contribution in [0.1, 0.15) is 19.3 Å². The van der Waals surface area contributed by atoms with Gasteiger partial charge in [-0.3, -0.25) is 4.79 Å². The Balaban J connectivity index is 1.81. The van der Waals surface area contributed by atoms with Gasteiger partial charge >= 0.3 is 0 Å². The highest BCUT2D eigenvalue weighted by atomic mass is 79.9. The molecule has 7 heteroatoms. The minimum absolute atomic E-state index is 0.00802. The van der Waals surface area contributed by atoms with Crippen LogP contribution in [0.2, 0.25) is 0 Å². The first-order valence-corrected chi connectivity index (χ1v) is 7.24. The zero-order valence-electron chi connectivity index (χ0n) is 10.7. The number of rotatable bonds is 4. The molecule has 1 saturated carbocycles. The maximum Gasteiger partial charge on any atom is 0.222 e. The van der Waals surface area contributed by atoms with Gasteiger partial charge in [-0.1, -0.05) is 0 Å². The lowest BCUT2D eigenvalue weighted by Crippen LogP contribution is -2.26. The fourth-order valence-corrected chi connectivity index (χ4v) is 2.45. The number of nitrogens with one attached hydrogen (secondary N) is 1. The van der Waals surface area contributed by atoms with Crippen LogP contribution in [0.5, 0.6) is 0 Å². The van der Waals surface area contributed by atoms with Gasteiger partial charge in [0.05, 0.1) is 15.5 Å². The summed E-state index contributed by atoms with van der Waals surface area (Å²) in [7, 11) is 0. The van der Waals surface area contributed by atoms with Gasteiger partial charge in [0.25, 0.3) is 0 Å². The monoisotopic (exact) mass is 340 g/mol. The predicted octanol–water partition coefficient (Wildman–Crippen LogP) is 2.19. The quantitative estimate of drug-likeness (QED) is 0.895. The van der Waals surface area contributed by atoms with E-state index in [2.05, 4.69) is 26.2 Å². The number of anilines is 1. The molecule has 106 valence electrons. The Hall–Kier alpha value is -1.63. The van der Waals surface area contributed by atoms with Crippen molar-refractivity contribution in [2.24, 2.45) is 0 Å². The molecule has 1 amide bonds. The standard InChI is InChI=1S/C13H14BrFN4O/c14-8-5-10-11(6-9(8)15)19(13(16)18-10)4-3-12(20)17-7-1-2-7/h5-7H,1-4H2,(H2,16,18)(H,17,20). The SMILES string of the molecule is Nc1nc2cc(Br)c(F)cc2n1CCC(=O)NC1CC1. The molecular weight excluding hydrogens is 327 g/mol. The second kappa shape index (κ2) is 5.05. The molecule has 1 aliphatic rings. The maximum atomic E-state index is 13.6. The molecule has 1 aromatic carbocycles. The van der Waals surface area contributed by atoms with E-state index in [1.54, 1.807) is 10.6 Å². The molecule has 1 aliphatic carbocycles. The first kappa shape index (κ1) is 13.4. The van der Waals surface area contributed by atoms with E-state index >= 15 is 0 Å². The van der Waals surface area contributed by atoms with Crippen LogP contribution in [0.3, 0.4) is 0 Å². The predicted molar refractivity (Wildman–Crippen MR) is 77.6 cm³/mol. The van der Waals surface area contributed by atoms with E-state index in [1.807, 2.05) is 0 Å². The number of imidazole rings is 1. The molecule has 5 nitrogen and oxygen atoms in total. The summed E-state index contributed by atoms with van der Waals surface area (Å²) in [6.45, 7) is 0.391. The number of fused-ring (bicyclic) bond motifs is 1. The lowest BCUT2D eigenvalue weighted by Gasteiger charge is -2.07. The number of nitrogen functional groups attached to an aromatic ring is 1. The number of benzene rings is 1. The third-order valence-electron chi connectivity index (χ3n) is 3.32. The van der Waals surface area contributed by atoms with Crippen LogP contribution >= 0.6 is 15.9 Å². The van der Waals surface area contributed by atoms with Crippen molar-refractivity contribution in [3.8, 4) is 0 Å². The first-order valence-electron chi connectivity index (χ1n) is 6.44. The molecule has 0 atom stereocenters. The number of halogens is 2. The Morgan fingerprint density at radius 1 is 1.55 bits per heavy atom. The minimum atomic E-state index is -0.374. The van der Waals surface area contributed by atoms with Crippen LogP contribution in [0.15, 0.2) is 16.6 Å². The third kappa shape index (κ3) is 2.63. The van der Waals surface area contributed by atoms with E-state index in [-0.39, 0.29) is 17.7 Å². The Kier molecular flexibility index (Phi) is 3.37. The van der Waals surface area contributed by atoms with Gasteiger partial charge in [-0.25, -0.2) is 9.37 Å². The molecule has 3 rings (SSSR count). The van der Waals surface area contributed by atoms with Crippen molar-refractivity contribution in [3.63, 3.8) is 0 Å². The first-order chi connectivity index (χ1) is 9.54. The number of hydrogen-bond donors (Lipinski definition) is 2. The number of nitrogens with two attached hydrogens (primary N) is 1. The van der Waals surface area contributed by atoms with E-state index < -0.39 is 0 Å². The minimum Gasteiger partial charge on any atom is -0.369 e. The average molecular weight is 341 g/mol. The van der Waals surface area contributed by atoms with Crippen molar-refractivity contribution in [2.45, 2.75) is 31.8 Å². The van der Waals surface area contributed by atoms with Crippen LogP contribution in [-0.4, -0.2) is 21.5 Å². The number of hydrogen-bond acceptors (Lipinski definition) is 3. The highest BCUT2D eigenvalue weighted by Crippen LogP contribution is 2.25. The summed E-state index contributed by atoms with van der Waals surface area (Å²) >= 11 is 3.12. The van der Waals surface area contributed by atoms with Gasteiger partial charge in [0.1, 0.15) is 5.82 Å². The van der Waals surface area contributed by atoms with Crippen molar-refractivity contribution < 1.29 is 9.18 Å². The Morgan fingerprint density at radius 2 is 2.30 bits per heavy atom. The molecule has 0 bridgehead atoms. The summed E-state index contributed by atoms with van der Waals surface area (Å²) in [6.07, 6.45) is 2.42. The van der Waals surface area contributed by atoms with Crippen molar-refractivity contribution >= 4 is 38.8 Å². The largest absolute Gasteiger partial charge is 0.369 e. The van der Waals surface area contributed by atoms with Gasteiger partial charge in [-0.15, -0.1) is 0 Å². The van der Waals surface area contributed by atoms with Crippen LogP contribution in [0.25, 0.3) is 11.0 Å². The molecular formula is C13H14BrFN4O. The Labute approximate surface area is 123 Å². The number of carbonyl (C=O) groups is 1. The number of aromatic nitrogens is 2. The molecule has 0 radical (unpaired) electrons. The van der Waals surface area contributed by atoms with E-state index in [0.29, 0.717) is 34.5 Å². The van der Waals surface area contributed by atoms with E-state index in [9.17, 15) is 9.18 Å². The third-order valence-corrected chi connectivity index (χ3v) is 3.93. The number of carbonyl (C=O) groups excluding carboxylic acids is 1. The van der Waals surface area contributed by atoms with Gasteiger partial charge in [0.15, 0.2) is 0 Å². The summed E-state index contributed by atoms with van der Waals surface area (Å²) in [4.78, 5) is 15.9. The lowest BCUT2D eigenvalue weighted by molar-refractivity contribution is -0.121. The van der Waals surface area contributed by atoms with E-state index in [0.717, 1.165) is 12.8 Å². The molecule has 20 heavy (non-hydrogen) atoms. The zero-order valence-corrected chi connectivity index (χ0v) is 12.3. The summed E-state index contributed by atoms with van der Waals surface area (Å²) in [5.74, 6) is -0.0934. The molecule has 1 aromatic heterocycles. The van der Waals surface area contributed by atoms with Crippen molar-refractivity contribution in [1.29, 1.82) is 0 Å². The van der Waals surface area contributed by atoms with Crippen molar-refractivity contribution in [2.75, 3.05) is 5.73 Å². The fraction of sp³-hybridized carbons (Fsp3) is 0.385. The molecule has 0 spiro atoms. The second-order valence-corrected chi connectivity index (χ2v) is 5.82. The smallest absolute Gasteiger partial charge is 0.222 e. The van der Waals surface area contributed by atoms with Crippen LogP contribution in [-0.2, 0) is 11.3 Å². The summed E-state index contributed by atoms with van der Waals surface area (Å²) < 4.78 is 15.6. The van der Waals surface area contributed by atoms with Crippen molar-refractivity contribution in [1.82, 2.24) is 14.9 Å². The van der Waals surface area contributed by atoms with Crippen LogP contribution in [0, 0.1) is 5.82 Å². The average Bonchev–Trinajstić information content (AvgIpc) is 3.13. The highest BCUT2D eigenvalue weighted by Gasteiger charge is 2.23. The lowest BCUT2D eigenvalue weighted by atomic mass is 10.3. The van der Waals surface area contributed by atoms with Gasteiger partial charge in [0, 0.05) is 25.1 Å². The number of amides is 1. The maximum absolute atomic E-state index is 13.6. The topological polar surface area (TPSA) is 72.9 Å². The Bertz CT molecular complexity index is 681. The second-order valence-electron chi connectivity index (χ2n) is 4.97. The number of aryl methyl sites for hydroxylation is 1. The van der Waals surface area contributed by atoms with E-state index in [1.165, 1.54) is 6.07 Å². The van der Waals surface area contributed by atoms with Gasteiger partial charge in [-0.2, -0.15) is 0 Å². The van der Waals surface area contributed by atoms with E-state index in [4.69, 9.17) is 5.73 Å². The number of nitrogens with zero attached hydrogens (tertiary/aromatic N) is 2. The molecule has 2 aromatic rings. The highest BCUT2D eigenvalue weighted by molar-refractivity contribution is 9.10. The summed E-state index contributed by atoms with van der Waals surface area (Å²) in [6, 6.07) is 3.30.